The van der Waals surface area contributed by atoms with Gasteiger partial charge < -0.3 is 9.72 Å². The molecule has 1 heterocycles. The van der Waals surface area contributed by atoms with Crippen molar-refractivity contribution in [2.45, 2.75) is 0 Å². The standard InChI is InChI=1S/C11H8BrN3O/c1-16-8-4-2-3-7(5-8)11-14-9(6-13)10(12)15-11/h2-5H,1H3,(H,14,15). The second kappa shape index (κ2) is 4.37. The van der Waals surface area contributed by atoms with Crippen molar-refractivity contribution in [1.29, 1.82) is 5.26 Å². The van der Waals surface area contributed by atoms with Crippen LogP contribution in [0.15, 0.2) is 28.9 Å². The summed E-state index contributed by atoms with van der Waals surface area (Å²) in [5.74, 6) is 1.39. The molecule has 0 spiro atoms. The first-order valence-electron chi connectivity index (χ1n) is 4.54. The van der Waals surface area contributed by atoms with Crippen molar-refractivity contribution in [3.05, 3.63) is 34.6 Å². The fraction of sp³-hybridized carbons (Fsp3) is 0.0909. The summed E-state index contributed by atoms with van der Waals surface area (Å²) >= 11 is 3.24. The van der Waals surface area contributed by atoms with Gasteiger partial charge in [-0.2, -0.15) is 5.26 Å². The zero-order valence-electron chi connectivity index (χ0n) is 8.49. The van der Waals surface area contributed by atoms with E-state index in [2.05, 4.69) is 25.9 Å². The maximum absolute atomic E-state index is 8.79. The van der Waals surface area contributed by atoms with Gasteiger partial charge >= 0.3 is 0 Å². The van der Waals surface area contributed by atoms with Crippen LogP contribution in [0.2, 0.25) is 0 Å². The molecule has 0 fully saturated rings. The highest BCUT2D eigenvalue weighted by molar-refractivity contribution is 9.10. The Bertz CT molecular complexity index is 557. The Morgan fingerprint density at radius 3 is 2.94 bits per heavy atom. The molecule has 0 amide bonds. The quantitative estimate of drug-likeness (QED) is 0.918. The highest BCUT2D eigenvalue weighted by Gasteiger charge is 2.09. The number of benzene rings is 1. The zero-order valence-corrected chi connectivity index (χ0v) is 10.1. The molecule has 4 nitrogen and oxygen atoms in total. The number of H-pyrrole nitrogens is 1. The molecular formula is C11H8BrN3O. The van der Waals surface area contributed by atoms with E-state index in [1.807, 2.05) is 30.3 Å². The minimum Gasteiger partial charge on any atom is -0.497 e. The van der Waals surface area contributed by atoms with Crippen molar-refractivity contribution < 1.29 is 4.74 Å². The summed E-state index contributed by atoms with van der Waals surface area (Å²) in [6.07, 6.45) is 0. The van der Waals surface area contributed by atoms with Crippen molar-refractivity contribution in [3.63, 3.8) is 0 Å². The van der Waals surface area contributed by atoms with Gasteiger partial charge in [0.05, 0.1) is 7.11 Å². The lowest BCUT2D eigenvalue weighted by Crippen LogP contribution is -1.85. The summed E-state index contributed by atoms with van der Waals surface area (Å²) in [5.41, 5.74) is 1.22. The fourth-order valence-corrected chi connectivity index (χ4v) is 1.70. The summed E-state index contributed by atoms with van der Waals surface area (Å²) in [4.78, 5) is 7.15. The first kappa shape index (κ1) is 10.7. The molecule has 0 radical (unpaired) electrons. The molecule has 0 bridgehead atoms. The van der Waals surface area contributed by atoms with Crippen LogP contribution >= 0.6 is 15.9 Å². The van der Waals surface area contributed by atoms with Crippen LogP contribution in [-0.4, -0.2) is 17.1 Å². The number of aromatic amines is 1. The first-order valence-corrected chi connectivity index (χ1v) is 5.34. The maximum atomic E-state index is 8.79. The first-order chi connectivity index (χ1) is 7.74. The maximum Gasteiger partial charge on any atom is 0.173 e. The Morgan fingerprint density at radius 1 is 1.50 bits per heavy atom. The Labute approximate surface area is 101 Å². The van der Waals surface area contributed by atoms with Crippen molar-refractivity contribution in [2.24, 2.45) is 0 Å². The lowest BCUT2D eigenvalue weighted by Gasteiger charge is -2.01. The molecule has 0 aliphatic rings. The Balaban J connectivity index is 2.46. The predicted molar refractivity (Wildman–Crippen MR) is 63.0 cm³/mol. The number of nitrogens with one attached hydrogen (secondary N) is 1. The topological polar surface area (TPSA) is 61.7 Å². The van der Waals surface area contributed by atoms with Gasteiger partial charge in [-0.15, -0.1) is 0 Å². The minimum absolute atomic E-state index is 0.345. The molecule has 16 heavy (non-hydrogen) atoms. The molecule has 1 aromatic carbocycles. The average molecular weight is 278 g/mol. The van der Waals surface area contributed by atoms with Gasteiger partial charge in [-0.25, -0.2) is 4.98 Å². The number of hydrogen-bond donors (Lipinski definition) is 1. The van der Waals surface area contributed by atoms with E-state index in [9.17, 15) is 0 Å². The predicted octanol–water partition coefficient (Wildman–Crippen LogP) is 2.72. The molecule has 80 valence electrons. The SMILES string of the molecule is COc1cccc(-c2nc(C#N)c(Br)[nH]2)c1. The molecule has 0 aliphatic carbocycles. The van der Waals surface area contributed by atoms with Crippen LogP contribution in [0.25, 0.3) is 11.4 Å². The lowest BCUT2D eigenvalue weighted by atomic mass is 10.2. The van der Waals surface area contributed by atoms with Gasteiger partial charge in [0.2, 0.25) is 0 Å². The van der Waals surface area contributed by atoms with Crippen LogP contribution in [0.1, 0.15) is 5.69 Å². The van der Waals surface area contributed by atoms with Gasteiger partial charge in [0.25, 0.3) is 0 Å². The van der Waals surface area contributed by atoms with E-state index in [1.54, 1.807) is 7.11 Å². The van der Waals surface area contributed by atoms with E-state index >= 15 is 0 Å². The normalized spacial score (nSPS) is 9.81. The Kier molecular flexibility index (Phi) is 2.93. The Morgan fingerprint density at radius 2 is 2.31 bits per heavy atom. The van der Waals surface area contributed by atoms with Gasteiger partial charge in [0.15, 0.2) is 5.69 Å². The number of halogens is 1. The molecule has 0 unspecified atom stereocenters. The van der Waals surface area contributed by atoms with Gasteiger partial charge in [-0.3, -0.25) is 0 Å². The smallest absolute Gasteiger partial charge is 0.173 e. The van der Waals surface area contributed by atoms with Crippen LogP contribution in [0.4, 0.5) is 0 Å². The van der Waals surface area contributed by atoms with Crippen LogP contribution in [0, 0.1) is 11.3 Å². The van der Waals surface area contributed by atoms with Crippen LogP contribution in [0.5, 0.6) is 5.75 Å². The number of ether oxygens (including phenoxy) is 1. The van der Waals surface area contributed by atoms with Crippen LogP contribution in [0.3, 0.4) is 0 Å². The number of nitrogens with zero attached hydrogens (tertiary/aromatic N) is 2. The third kappa shape index (κ3) is 1.92. The molecule has 2 rings (SSSR count). The van der Waals surface area contributed by atoms with Crippen molar-refractivity contribution in [1.82, 2.24) is 9.97 Å². The van der Waals surface area contributed by atoms with Gasteiger partial charge in [0.1, 0.15) is 22.2 Å². The summed E-state index contributed by atoms with van der Waals surface area (Å²) in [5, 5.41) is 8.79. The van der Waals surface area contributed by atoms with E-state index in [-0.39, 0.29) is 0 Å². The number of rotatable bonds is 2. The van der Waals surface area contributed by atoms with Crippen LogP contribution in [-0.2, 0) is 0 Å². The fourth-order valence-electron chi connectivity index (χ4n) is 1.33. The second-order valence-corrected chi connectivity index (χ2v) is 3.88. The molecule has 1 aromatic heterocycles. The monoisotopic (exact) mass is 277 g/mol. The second-order valence-electron chi connectivity index (χ2n) is 3.09. The number of hydrogen-bond acceptors (Lipinski definition) is 3. The van der Waals surface area contributed by atoms with E-state index < -0.39 is 0 Å². The van der Waals surface area contributed by atoms with E-state index in [0.717, 1.165) is 11.3 Å². The van der Waals surface area contributed by atoms with E-state index in [1.165, 1.54) is 0 Å². The van der Waals surface area contributed by atoms with Gasteiger partial charge in [0, 0.05) is 5.56 Å². The van der Waals surface area contributed by atoms with Crippen molar-refractivity contribution in [3.8, 4) is 23.2 Å². The summed E-state index contributed by atoms with van der Waals surface area (Å²) in [6, 6.07) is 9.47. The highest BCUT2D eigenvalue weighted by Crippen LogP contribution is 2.24. The summed E-state index contributed by atoms with van der Waals surface area (Å²) in [7, 11) is 1.61. The highest BCUT2D eigenvalue weighted by atomic mass is 79.9. The van der Waals surface area contributed by atoms with Crippen LogP contribution < -0.4 is 4.74 Å². The third-order valence-corrected chi connectivity index (χ3v) is 2.68. The molecule has 0 atom stereocenters. The van der Waals surface area contributed by atoms with E-state index in [4.69, 9.17) is 10.00 Å². The minimum atomic E-state index is 0.345. The van der Waals surface area contributed by atoms with E-state index in [0.29, 0.717) is 16.1 Å². The van der Waals surface area contributed by atoms with Gasteiger partial charge in [-0.05, 0) is 28.1 Å². The Hall–Kier alpha value is -1.80. The number of methoxy groups -OCH3 is 1. The lowest BCUT2D eigenvalue weighted by molar-refractivity contribution is 0.415. The number of aromatic nitrogens is 2. The average Bonchev–Trinajstić information content (AvgIpc) is 2.71. The number of imidazole rings is 1. The summed E-state index contributed by atoms with van der Waals surface area (Å²) in [6.45, 7) is 0. The molecule has 0 saturated heterocycles. The van der Waals surface area contributed by atoms with Gasteiger partial charge in [-0.1, -0.05) is 12.1 Å². The largest absolute Gasteiger partial charge is 0.497 e. The molecule has 0 saturated carbocycles. The molecular weight excluding hydrogens is 270 g/mol. The number of nitriles is 1. The third-order valence-electron chi connectivity index (χ3n) is 2.11. The summed E-state index contributed by atoms with van der Waals surface area (Å²) < 4.78 is 5.71. The zero-order chi connectivity index (χ0) is 11.5. The van der Waals surface area contributed by atoms with Crippen molar-refractivity contribution in [2.75, 3.05) is 7.11 Å². The molecule has 5 heteroatoms. The molecule has 1 N–H and O–H groups in total. The van der Waals surface area contributed by atoms with Crippen molar-refractivity contribution >= 4 is 15.9 Å². The molecule has 0 aliphatic heterocycles. The molecule has 2 aromatic rings.